The Labute approximate surface area is 136 Å². The Bertz CT molecular complexity index is 613. The average molecular weight is 426 g/mol. The summed E-state index contributed by atoms with van der Waals surface area (Å²) >= 11 is 6.35. The molecule has 0 amide bonds. The lowest BCUT2D eigenvalue weighted by Crippen LogP contribution is -2.17. The minimum absolute atomic E-state index is 0.174. The molecule has 0 bridgehead atoms. The van der Waals surface area contributed by atoms with E-state index >= 15 is 0 Å². The van der Waals surface area contributed by atoms with Crippen molar-refractivity contribution in [3.8, 4) is 11.5 Å². The van der Waals surface area contributed by atoms with Gasteiger partial charge in [-0.05, 0) is 51.8 Å². The summed E-state index contributed by atoms with van der Waals surface area (Å²) in [6.07, 6.45) is -4.72. The molecule has 112 valence electrons. The zero-order valence-corrected chi connectivity index (χ0v) is 13.6. The SMILES string of the molecule is FC(F)(F)Oc1ccc(OCc2ccc(Br)cc2)cc1Br. The van der Waals surface area contributed by atoms with Crippen LogP contribution in [0.15, 0.2) is 51.4 Å². The first-order chi connectivity index (χ1) is 9.83. The molecular weight excluding hydrogens is 417 g/mol. The highest BCUT2D eigenvalue weighted by molar-refractivity contribution is 9.10. The van der Waals surface area contributed by atoms with Gasteiger partial charge in [0.2, 0.25) is 0 Å². The van der Waals surface area contributed by atoms with Crippen molar-refractivity contribution in [1.82, 2.24) is 0 Å². The van der Waals surface area contributed by atoms with Gasteiger partial charge in [0, 0.05) is 4.47 Å². The van der Waals surface area contributed by atoms with Crippen molar-refractivity contribution in [3.63, 3.8) is 0 Å². The molecule has 0 saturated heterocycles. The number of hydrogen-bond donors (Lipinski definition) is 0. The summed E-state index contributed by atoms with van der Waals surface area (Å²) in [4.78, 5) is 0. The van der Waals surface area contributed by atoms with Gasteiger partial charge in [-0.1, -0.05) is 28.1 Å². The molecule has 0 aliphatic heterocycles. The van der Waals surface area contributed by atoms with Crippen molar-refractivity contribution in [2.45, 2.75) is 13.0 Å². The number of benzene rings is 2. The smallest absolute Gasteiger partial charge is 0.489 e. The maximum atomic E-state index is 12.1. The Morgan fingerprint density at radius 2 is 1.62 bits per heavy atom. The predicted molar refractivity (Wildman–Crippen MR) is 79.3 cm³/mol. The molecule has 0 heterocycles. The van der Waals surface area contributed by atoms with Gasteiger partial charge in [0.05, 0.1) is 4.47 Å². The van der Waals surface area contributed by atoms with Gasteiger partial charge in [-0.2, -0.15) is 0 Å². The van der Waals surface area contributed by atoms with Crippen molar-refractivity contribution in [2.75, 3.05) is 0 Å². The third-order valence-electron chi connectivity index (χ3n) is 2.45. The van der Waals surface area contributed by atoms with Crippen LogP contribution in [0.1, 0.15) is 5.56 Å². The van der Waals surface area contributed by atoms with Gasteiger partial charge in [0.25, 0.3) is 0 Å². The molecular formula is C14H9Br2F3O2. The first-order valence-electron chi connectivity index (χ1n) is 5.76. The molecule has 2 aromatic carbocycles. The van der Waals surface area contributed by atoms with Gasteiger partial charge in [-0.3, -0.25) is 0 Å². The molecule has 0 unspecified atom stereocenters. The van der Waals surface area contributed by atoms with Gasteiger partial charge in [0.15, 0.2) is 0 Å². The van der Waals surface area contributed by atoms with Crippen molar-refractivity contribution in [2.24, 2.45) is 0 Å². The normalized spacial score (nSPS) is 11.3. The fourth-order valence-corrected chi connectivity index (χ4v) is 2.23. The van der Waals surface area contributed by atoms with Crippen LogP contribution in [-0.4, -0.2) is 6.36 Å². The lowest BCUT2D eigenvalue weighted by molar-refractivity contribution is -0.274. The quantitative estimate of drug-likeness (QED) is 0.626. The summed E-state index contributed by atoms with van der Waals surface area (Å²) in [7, 11) is 0. The van der Waals surface area contributed by atoms with Crippen LogP contribution < -0.4 is 9.47 Å². The Balaban J connectivity index is 2.01. The van der Waals surface area contributed by atoms with E-state index in [0.717, 1.165) is 10.0 Å². The van der Waals surface area contributed by atoms with E-state index in [4.69, 9.17) is 4.74 Å². The Morgan fingerprint density at radius 3 is 2.19 bits per heavy atom. The van der Waals surface area contributed by atoms with Crippen LogP contribution in [0.25, 0.3) is 0 Å². The second-order valence-electron chi connectivity index (χ2n) is 4.06. The minimum Gasteiger partial charge on any atom is -0.489 e. The number of ether oxygens (including phenoxy) is 2. The van der Waals surface area contributed by atoms with Gasteiger partial charge in [0.1, 0.15) is 18.1 Å². The van der Waals surface area contributed by atoms with E-state index in [-0.39, 0.29) is 10.2 Å². The van der Waals surface area contributed by atoms with Crippen molar-refractivity contribution in [3.05, 3.63) is 57.0 Å². The minimum atomic E-state index is -4.72. The molecule has 2 rings (SSSR count). The zero-order chi connectivity index (χ0) is 15.5. The number of halogens is 5. The van der Waals surface area contributed by atoms with Crippen molar-refractivity contribution < 1.29 is 22.6 Å². The van der Waals surface area contributed by atoms with E-state index in [9.17, 15) is 13.2 Å². The summed E-state index contributed by atoms with van der Waals surface area (Å²) in [5.41, 5.74) is 0.949. The molecule has 2 nitrogen and oxygen atoms in total. The zero-order valence-electron chi connectivity index (χ0n) is 10.5. The molecule has 0 aliphatic rings. The maximum absolute atomic E-state index is 12.1. The number of rotatable bonds is 4. The summed E-state index contributed by atoms with van der Waals surface area (Å²) in [6.45, 7) is 0.319. The second-order valence-corrected chi connectivity index (χ2v) is 5.83. The predicted octanol–water partition coefficient (Wildman–Crippen LogP) is 5.69. The molecule has 0 atom stereocenters. The lowest BCUT2D eigenvalue weighted by Gasteiger charge is -2.12. The van der Waals surface area contributed by atoms with Gasteiger partial charge in [-0.15, -0.1) is 13.2 Å². The molecule has 0 fully saturated rings. The van der Waals surface area contributed by atoms with E-state index in [1.54, 1.807) is 0 Å². The van der Waals surface area contributed by atoms with Crippen LogP contribution in [0.4, 0.5) is 13.2 Å². The molecule has 7 heteroatoms. The fourth-order valence-electron chi connectivity index (χ4n) is 1.53. The monoisotopic (exact) mass is 424 g/mol. The Kier molecular flexibility index (Phi) is 5.16. The van der Waals surface area contributed by atoms with Crippen LogP contribution in [-0.2, 0) is 6.61 Å². The van der Waals surface area contributed by atoms with Crippen LogP contribution in [0.3, 0.4) is 0 Å². The van der Waals surface area contributed by atoms with Crippen molar-refractivity contribution >= 4 is 31.9 Å². The Hall–Kier alpha value is -1.21. The number of hydrogen-bond acceptors (Lipinski definition) is 2. The highest BCUT2D eigenvalue weighted by Crippen LogP contribution is 2.33. The van der Waals surface area contributed by atoms with Gasteiger partial charge < -0.3 is 9.47 Å². The molecule has 0 aliphatic carbocycles. The first-order valence-corrected chi connectivity index (χ1v) is 7.34. The highest BCUT2D eigenvalue weighted by Gasteiger charge is 2.31. The molecule has 0 saturated carbocycles. The number of alkyl halides is 3. The standard InChI is InChI=1S/C14H9Br2F3O2/c15-10-3-1-9(2-4-10)8-20-11-5-6-13(12(16)7-11)21-14(17,18)19/h1-7H,8H2. The van der Waals surface area contributed by atoms with E-state index in [1.165, 1.54) is 18.2 Å². The largest absolute Gasteiger partial charge is 0.573 e. The summed E-state index contributed by atoms with van der Waals surface area (Å²) in [6, 6.07) is 11.6. The molecule has 21 heavy (non-hydrogen) atoms. The molecule has 0 aromatic heterocycles. The maximum Gasteiger partial charge on any atom is 0.573 e. The third-order valence-corrected chi connectivity index (χ3v) is 3.60. The lowest BCUT2D eigenvalue weighted by atomic mass is 10.2. The van der Waals surface area contributed by atoms with Crippen LogP contribution in [0.2, 0.25) is 0 Å². The Morgan fingerprint density at radius 1 is 0.952 bits per heavy atom. The summed E-state index contributed by atoms with van der Waals surface area (Å²) < 4.78 is 46.9. The highest BCUT2D eigenvalue weighted by atomic mass is 79.9. The van der Waals surface area contributed by atoms with E-state index < -0.39 is 6.36 Å². The average Bonchev–Trinajstić information content (AvgIpc) is 2.40. The van der Waals surface area contributed by atoms with E-state index in [0.29, 0.717) is 12.4 Å². The molecule has 0 radical (unpaired) electrons. The summed E-state index contributed by atoms with van der Waals surface area (Å²) in [5, 5.41) is 0. The second kappa shape index (κ2) is 6.70. The first kappa shape index (κ1) is 16.2. The van der Waals surface area contributed by atoms with E-state index in [2.05, 4.69) is 36.6 Å². The topological polar surface area (TPSA) is 18.5 Å². The van der Waals surface area contributed by atoms with Crippen LogP contribution >= 0.6 is 31.9 Å². The third kappa shape index (κ3) is 5.24. The molecule has 2 aromatic rings. The molecule has 0 N–H and O–H groups in total. The molecule has 0 spiro atoms. The van der Waals surface area contributed by atoms with Crippen LogP contribution in [0.5, 0.6) is 11.5 Å². The van der Waals surface area contributed by atoms with Crippen molar-refractivity contribution in [1.29, 1.82) is 0 Å². The summed E-state index contributed by atoms with van der Waals surface area (Å²) in [5.74, 6) is 0.137. The fraction of sp³-hybridized carbons (Fsp3) is 0.143. The van der Waals surface area contributed by atoms with Gasteiger partial charge >= 0.3 is 6.36 Å². The van der Waals surface area contributed by atoms with Gasteiger partial charge in [-0.25, -0.2) is 0 Å². The van der Waals surface area contributed by atoms with E-state index in [1.807, 2.05) is 24.3 Å². The van der Waals surface area contributed by atoms with Crippen LogP contribution in [0, 0.1) is 0 Å².